The molecule has 2 rings (SSSR count). The van der Waals surface area contributed by atoms with Gasteiger partial charge in [0.2, 0.25) is 0 Å². The van der Waals surface area contributed by atoms with Crippen LogP contribution in [-0.4, -0.2) is 74.2 Å². The second-order valence-electron chi connectivity index (χ2n) is 7.91. The van der Waals surface area contributed by atoms with E-state index in [0.717, 1.165) is 12.8 Å². The maximum atomic E-state index is 12.3. The molecular weight excluding hydrogens is 356 g/mol. The molecule has 2 N–H and O–H groups in total. The average Bonchev–Trinajstić information content (AvgIpc) is 3.26. The molecule has 1 aliphatic heterocycles. The van der Waals surface area contributed by atoms with Gasteiger partial charge in [-0.25, -0.2) is 13.2 Å². The summed E-state index contributed by atoms with van der Waals surface area (Å²) in [6, 6.07) is 0.138. The molecule has 1 aliphatic carbocycles. The summed E-state index contributed by atoms with van der Waals surface area (Å²) in [5.41, 5.74) is -0.516. The van der Waals surface area contributed by atoms with E-state index in [0.29, 0.717) is 32.0 Å². The Morgan fingerprint density at radius 3 is 2.46 bits per heavy atom. The van der Waals surface area contributed by atoms with Crippen LogP contribution < -0.4 is 10.6 Å². The number of aliphatic imine (C=N–C) groups is 1. The van der Waals surface area contributed by atoms with Gasteiger partial charge in [0, 0.05) is 25.2 Å². The van der Waals surface area contributed by atoms with E-state index in [1.54, 1.807) is 4.90 Å². The van der Waals surface area contributed by atoms with Crippen molar-refractivity contribution in [1.82, 2.24) is 15.5 Å². The average molecular weight is 389 g/mol. The van der Waals surface area contributed by atoms with Crippen molar-refractivity contribution in [3.8, 4) is 0 Å². The van der Waals surface area contributed by atoms with E-state index in [-0.39, 0.29) is 29.7 Å². The van der Waals surface area contributed by atoms with Gasteiger partial charge >= 0.3 is 6.09 Å². The van der Waals surface area contributed by atoms with Crippen molar-refractivity contribution >= 4 is 21.9 Å². The van der Waals surface area contributed by atoms with Crippen LogP contribution in [0.3, 0.4) is 0 Å². The SMILES string of the molecule is CCNC(=NCCN(C(=O)OC(C)(C)C)C1CC1)NC1CCS(=O)(=O)C1. The fraction of sp³-hybridized carbons (Fsp3) is 0.882. The first-order chi connectivity index (χ1) is 12.1. The zero-order valence-electron chi connectivity index (χ0n) is 16.2. The fourth-order valence-corrected chi connectivity index (χ4v) is 4.49. The van der Waals surface area contributed by atoms with E-state index < -0.39 is 15.4 Å². The van der Waals surface area contributed by atoms with Crippen molar-refractivity contribution in [2.24, 2.45) is 4.99 Å². The van der Waals surface area contributed by atoms with Gasteiger partial charge in [-0.15, -0.1) is 0 Å². The van der Waals surface area contributed by atoms with Crippen molar-refractivity contribution in [3.63, 3.8) is 0 Å². The molecule has 0 spiro atoms. The minimum Gasteiger partial charge on any atom is -0.444 e. The first kappa shape index (κ1) is 20.8. The number of carbonyl (C=O) groups is 1. The largest absolute Gasteiger partial charge is 0.444 e. The maximum absolute atomic E-state index is 12.3. The number of ether oxygens (including phenoxy) is 1. The fourth-order valence-electron chi connectivity index (χ4n) is 2.82. The second-order valence-corrected chi connectivity index (χ2v) is 10.1. The third-order valence-electron chi connectivity index (χ3n) is 4.14. The van der Waals surface area contributed by atoms with Crippen LogP contribution in [0.4, 0.5) is 4.79 Å². The van der Waals surface area contributed by atoms with Gasteiger partial charge in [-0.3, -0.25) is 4.99 Å². The lowest BCUT2D eigenvalue weighted by atomic mass is 10.2. The van der Waals surface area contributed by atoms with Crippen LogP contribution in [0.5, 0.6) is 0 Å². The van der Waals surface area contributed by atoms with Crippen molar-refractivity contribution in [2.75, 3.05) is 31.1 Å². The van der Waals surface area contributed by atoms with Gasteiger partial charge in [-0.05, 0) is 47.0 Å². The molecule has 1 heterocycles. The molecule has 1 saturated carbocycles. The first-order valence-electron chi connectivity index (χ1n) is 9.34. The highest BCUT2D eigenvalue weighted by atomic mass is 32.2. The Hall–Kier alpha value is -1.51. The summed E-state index contributed by atoms with van der Waals surface area (Å²) in [5, 5.41) is 6.32. The van der Waals surface area contributed by atoms with Crippen molar-refractivity contribution in [3.05, 3.63) is 0 Å². The van der Waals surface area contributed by atoms with Crippen molar-refractivity contribution < 1.29 is 17.9 Å². The van der Waals surface area contributed by atoms with Crippen molar-refractivity contribution in [2.45, 2.75) is 64.6 Å². The smallest absolute Gasteiger partial charge is 0.410 e. The molecule has 26 heavy (non-hydrogen) atoms. The maximum Gasteiger partial charge on any atom is 0.410 e. The number of nitrogens with zero attached hydrogens (tertiary/aromatic N) is 2. The number of hydrogen-bond acceptors (Lipinski definition) is 5. The standard InChI is InChI=1S/C17H32N4O4S/c1-5-18-15(20-13-8-11-26(23,24)12-13)19-9-10-21(14-6-7-14)16(22)25-17(2,3)4/h13-14H,5-12H2,1-4H3,(H2,18,19,20). The summed E-state index contributed by atoms with van der Waals surface area (Å²) >= 11 is 0. The van der Waals surface area contributed by atoms with Gasteiger partial charge < -0.3 is 20.3 Å². The molecule has 150 valence electrons. The topological polar surface area (TPSA) is 100 Å². The van der Waals surface area contributed by atoms with Crippen LogP contribution in [0.1, 0.15) is 47.0 Å². The number of amides is 1. The molecule has 1 saturated heterocycles. The minimum atomic E-state index is -2.94. The Labute approximate surface area is 156 Å². The normalized spacial score (nSPS) is 22.8. The molecule has 0 radical (unpaired) electrons. The second kappa shape index (κ2) is 8.45. The summed E-state index contributed by atoms with van der Waals surface area (Å²) in [4.78, 5) is 18.6. The van der Waals surface area contributed by atoms with Crippen LogP contribution in [0, 0.1) is 0 Å². The molecule has 8 nitrogen and oxygen atoms in total. The summed E-state index contributed by atoms with van der Waals surface area (Å²) in [5.74, 6) is 0.955. The Bertz CT molecular complexity index is 623. The molecular formula is C17H32N4O4S. The molecule has 1 amide bonds. The molecule has 1 unspecified atom stereocenters. The van der Waals surface area contributed by atoms with E-state index in [9.17, 15) is 13.2 Å². The third-order valence-corrected chi connectivity index (χ3v) is 5.91. The summed E-state index contributed by atoms with van der Waals surface area (Å²) in [7, 11) is -2.94. The van der Waals surface area contributed by atoms with E-state index in [1.165, 1.54) is 0 Å². The van der Waals surface area contributed by atoms with Crippen molar-refractivity contribution in [1.29, 1.82) is 0 Å². The molecule has 0 aromatic heterocycles. The molecule has 0 bridgehead atoms. The Morgan fingerprint density at radius 2 is 1.96 bits per heavy atom. The minimum absolute atomic E-state index is 0.108. The number of hydrogen-bond donors (Lipinski definition) is 2. The zero-order valence-corrected chi connectivity index (χ0v) is 17.1. The van der Waals surface area contributed by atoms with Crippen LogP contribution >= 0.6 is 0 Å². The molecule has 0 aromatic carbocycles. The van der Waals surface area contributed by atoms with Crippen LogP contribution in [0.15, 0.2) is 4.99 Å². The van der Waals surface area contributed by atoms with Crippen LogP contribution in [0.2, 0.25) is 0 Å². The number of rotatable bonds is 6. The highest BCUT2D eigenvalue weighted by Gasteiger charge is 2.35. The molecule has 0 aromatic rings. The highest BCUT2D eigenvalue weighted by molar-refractivity contribution is 7.91. The summed E-state index contributed by atoms with van der Waals surface area (Å²) in [6.45, 7) is 9.14. The zero-order chi connectivity index (χ0) is 19.4. The quantitative estimate of drug-likeness (QED) is 0.523. The summed E-state index contributed by atoms with van der Waals surface area (Å²) in [6.07, 6.45) is 2.30. The third kappa shape index (κ3) is 7.01. The Morgan fingerprint density at radius 1 is 1.27 bits per heavy atom. The number of nitrogens with one attached hydrogen (secondary N) is 2. The van der Waals surface area contributed by atoms with Gasteiger partial charge in [0.1, 0.15) is 5.60 Å². The molecule has 9 heteroatoms. The Balaban J connectivity index is 1.90. The lowest BCUT2D eigenvalue weighted by Crippen LogP contribution is -2.44. The Kier molecular flexibility index (Phi) is 6.76. The first-order valence-corrected chi connectivity index (χ1v) is 11.2. The van der Waals surface area contributed by atoms with Gasteiger partial charge in [0.05, 0.1) is 18.1 Å². The lowest BCUT2D eigenvalue weighted by molar-refractivity contribution is 0.0240. The number of sulfone groups is 1. The van der Waals surface area contributed by atoms with Gasteiger partial charge in [-0.1, -0.05) is 0 Å². The monoisotopic (exact) mass is 388 g/mol. The molecule has 2 aliphatic rings. The number of carbonyl (C=O) groups excluding carboxylic acids is 1. The summed E-state index contributed by atoms with van der Waals surface area (Å²) < 4.78 is 28.7. The van der Waals surface area contributed by atoms with E-state index >= 15 is 0 Å². The number of guanidine groups is 1. The predicted molar refractivity (Wildman–Crippen MR) is 102 cm³/mol. The van der Waals surface area contributed by atoms with E-state index in [4.69, 9.17) is 4.74 Å². The van der Waals surface area contributed by atoms with Gasteiger partial charge in [0.15, 0.2) is 15.8 Å². The van der Waals surface area contributed by atoms with E-state index in [2.05, 4.69) is 15.6 Å². The molecule has 2 fully saturated rings. The van der Waals surface area contributed by atoms with Gasteiger partial charge in [0.25, 0.3) is 0 Å². The molecule has 1 atom stereocenters. The van der Waals surface area contributed by atoms with E-state index in [1.807, 2.05) is 27.7 Å². The predicted octanol–water partition coefficient (Wildman–Crippen LogP) is 1.13. The van der Waals surface area contributed by atoms with Gasteiger partial charge in [-0.2, -0.15) is 0 Å². The lowest BCUT2D eigenvalue weighted by Gasteiger charge is -2.27. The highest BCUT2D eigenvalue weighted by Crippen LogP contribution is 2.28. The van der Waals surface area contributed by atoms with Crippen LogP contribution in [-0.2, 0) is 14.6 Å². The van der Waals surface area contributed by atoms with Crippen LogP contribution in [0.25, 0.3) is 0 Å².